The summed E-state index contributed by atoms with van der Waals surface area (Å²) in [7, 11) is 0. The molecule has 0 saturated heterocycles. The molecular formula is C11H22ClNO. The average molecular weight is 220 g/mol. The number of ether oxygens (including phenoxy) is 1. The number of hydrogen-bond acceptors (Lipinski definition) is 2. The van der Waals surface area contributed by atoms with Crippen LogP contribution in [0.15, 0.2) is 0 Å². The molecular weight excluding hydrogens is 198 g/mol. The Hall–Kier alpha value is 0.210. The van der Waals surface area contributed by atoms with E-state index < -0.39 is 0 Å². The Bertz CT molecular complexity index is 143. The van der Waals surface area contributed by atoms with Gasteiger partial charge in [-0.15, -0.1) is 11.6 Å². The molecule has 0 aromatic carbocycles. The Morgan fingerprint density at radius 2 is 2.14 bits per heavy atom. The van der Waals surface area contributed by atoms with Gasteiger partial charge < -0.3 is 10.1 Å². The predicted octanol–water partition coefficient (Wildman–Crippen LogP) is 2.41. The third kappa shape index (κ3) is 4.16. The van der Waals surface area contributed by atoms with E-state index in [1.807, 2.05) is 6.92 Å². The van der Waals surface area contributed by atoms with Crippen molar-refractivity contribution in [1.82, 2.24) is 5.32 Å². The zero-order valence-electron chi connectivity index (χ0n) is 9.10. The fourth-order valence-electron chi connectivity index (χ4n) is 2.12. The molecule has 1 aliphatic carbocycles. The van der Waals surface area contributed by atoms with Crippen LogP contribution in [-0.2, 0) is 4.74 Å². The van der Waals surface area contributed by atoms with Gasteiger partial charge in [-0.05, 0) is 25.7 Å². The Labute approximate surface area is 92.3 Å². The van der Waals surface area contributed by atoms with Gasteiger partial charge in [0.05, 0.1) is 6.61 Å². The second-order valence-corrected chi connectivity index (χ2v) is 4.26. The van der Waals surface area contributed by atoms with Gasteiger partial charge in [-0.1, -0.05) is 12.8 Å². The van der Waals surface area contributed by atoms with Crippen molar-refractivity contribution >= 4 is 11.6 Å². The van der Waals surface area contributed by atoms with E-state index in [9.17, 15) is 0 Å². The van der Waals surface area contributed by atoms with Crippen LogP contribution in [0.1, 0.15) is 32.6 Å². The third-order valence-electron chi connectivity index (χ3n) is 2.96. The summed E-state index contributed by atoms with van der Waals surface area (Å²) < 4.78 is 5.30. The fourth-order valence-corrected chi connectivity index (χ4v) is 2.49. The van der Waals surface area contributed by atoms with Gasteiger partial charge in [0.2, 0.25) is 0 Å². The topological polar surface area (TPSA) is 21.3 Å². The monoisotopic (exact) mass is 219 g/mol. The Kier molecular flexibility index (Phi) is 6.57. The zero-order valence-corrected chi connectivity index (χ0v) is 9.85. The predicted molar refractivity (Wildman–Crippen MR) is 61.0 cm³/mol. The van der Waals surface area contributed by atoms with Gasteiger partial charge in [0, 0.05) is 25.1 Å². The molecule has 1 N–H and O–H groups in total. The molecule has 0 radical (unpaired) electrons. The molecule has 0 heterocycles. The number of rotatable bonds is 6. The quantitative estimate of drug-likeness (QED) is 0.547. The maximum atomic E-state index is 5.94. The average Bonchev–Trinajstić information content (AvgIpc) is 2.25. The van der Waals surface area contributed by atoms with Crippen LogP contribution in [0, 0.1) is 5.92 Å². The standard InChI is InChI=1S/C11H22ClNO/c1-2-14-8-7-13-11-6-4-3-5-10(11)9-12/h10-11,13H,2-9H2,1H3. The lowest BCUT2D eigenvalue weighted by molar-refractivity contribution is 0.141. The van der Waals surface area contributed by atoms with Crippen LogP contribution in [0.4, 0.5) is 0 Å². The first-order chi connectivity index (χ1) is 6.88. The van der Waals surface area contributed by atoms with Gasteiger partial charge in [-0.3, -0.25) is 0 Å². The lowest BCUT2D eigenvalue weighted by Gasteiger charge is -2.30. The molecule has 3 heteroatoms. The molecule has 2 atom stereocenters. The summed E-state index contributed by atoms with van der Waals surface area (Å²) in [5, 5.41) is 3.55. The SMILES string of the molecule is CCOCCNC1CCCCC1CCl. The molecule has 1 saturated carbocycles. The van der Waals surface area contributed by atoms with Gasteiger partial charge in [0.1, 0.15) is 0 Å². The van der Waals surface area contributed by atoms with Crippen LogP contribution in [-0.4, -0.2) is 31.7 Å². The first kappa shape index (κ1) is 12.3. The van der Waals surface area contributed by atoms with Crippen LogP contribution in [0.3, 0.4) is 0 Å². The van der Waals surface area contributed by atoms with Gasteiger partial charge >= 0.3 is 0 Å². The van der Waals surface area contributed by atoms with Crippen molar-refractivity contribution in [2.24, 2.45) is 5.92 Å². The van der Waals surface area contributed by atoms with E-state index in [1.54, 1.807) is 0 Å². The fraction of sp³-hybridized carbons (Fsp3) is 1.00. The molecule has 0 aromatic rings. The molecule has 0 aliphatic heterocycles. The van der Waals surface area contributed by atoms with Crippen molar-refractivity contribution in [3.8, 4) is 0 Å². The minimum Gasteiger partial charge on any atom is -0.380 e. The minimum atomic E-state index is 0.627. The van der Waals surface area contributed by atoms with Gasteiger partial charge in [-0.25, -0.2) is 0 Å². The van der Waals surface area contributed by atoms with Crippen LogP contribution >= 0.6 is 11.6 Å². The van der Waals surface area contributed by atoms with Crippen molar-refractivity contribution in [1.29, 1.82) is 0 Å². The van der Waals surface area contributed by atoms with E-state index >= 15 is 0 Å². The summed E-state index contributed by atoms with van der Waals surface area (Å²) in [5.74, 6) is 1.47. The van der Waals surface area contributed by atoms with Gasteiger partial charge in [-0.2, -0.15) is 0 Å². The summed E-state index contributed by atoms with van der Waals surface area (Å²) in [6.07, 6.45) is 5.26. The normalized spacial score (nSPS) is 27.9. The van der Waals surface area contributed by atoms with Crippen LogP contribution in [0.5, 0.6) is 0 Å². The summed E-state index contributed by atoms with van der Waals surface area (Å²) in [6, 6.07) is 0.627. The molecule has 2 unspecified atom stereocenters. The van der Waals surface area contributed by atoms with Crippen molar-refractivity contribution < 1.29 is 4.74 Å². The number of halogens is 1. The Morgan fingerprint density at radius 3 is 2.86 bits per heavy atom. The molecule has 1 rings (SSSR count). The van der Waals surface area contributed by atoms with E-state index in [4.69, 9.17) is 16.3 Å². The number of hydrogen-bond donors (Lipinski definition) is 1. The van der Waals surface area contributed by atoms with E-state index in [0.29, 0.717) is 12.0 Å². The summed E-state index contributed by atoms with van der Waals surface area (Å²) in [4.78, 5) is 0. The highest BCUT2D eigenvalue weighted by Crippen LogP contribution is 2.25. The van der Waals surface area contributed by atoms with Crippen LogP contribution < -0.4 is 5.32 Å². The molecule has 84 valence electrons. The lowest BCUT2D eigenvalue weighted by Crippen LogP contribution is -2.40. The van der Waals surface area contributed by atoms with Crippen molar-refractivity contribution in [3.05, 3.63) is 0 Å². The highest BCUT2D eigenvalue weighted by molar-refractivity contribution is 6.18. The van der Waals surface area contributed by atoms with Crippen LogP contribution in [0.2, 0.25) is 0 Å². The highest BCUT2D eigenvalue weighted by Gasteiger charge is 2.23. The molecule has 14 heavy (non-hydrogen) atoms. The zero-order chi connectivity index (χ0) is 10.2. The Morgan fingerprint density at radius 1 is 1.36 bits per heavy atom. The van der Waals surface area contributed by atoms with Crippen LogP contribution in [0.25, 0.3) is 0 Å². The van der Waals surface area contributed by atoms with E-state index in [2.05, 4.69) is 5.32 Å². The van der Waals surface area contributed by atoms with Crippen molar-refractivity contribution in [2.45, 2.75) is 38.6 Å². The van der Waals surface area contributed by atoms with Gasteiger partial charge in [0.15, 0.2) is 0 Å². The third-order valence-corrected chi connectivity index (χ3v) is 3.36. The summed E-state index contributed by atoms with van der Waals surface area (Å²) >= 11 is 5.94. The molecule has 0 amide bonds. The first-order valence-corrected chi connectivity index (χ1v) is 6.29. The molecule has 1 aliphatic rings. The largest absolute Gasteiger partial charge is 0.380 e. The van der Waals surface area contributed by atoms with Gasteiger partial charge in [0.25, 0.3) is 0 Å². The highest BCUT2D eigenvalue weighted by atomic mass is 35.5. The maximum absolute atomic E-state index is 5.94. The summed E-state index contributed by atoms with van der Waals surface area (Å²) in [5.41, 5.74) is 0. The number of nitrogens with one attached hydrogen (secondary N) is 1. The summed E-state index contributed by atoms with van der Waals surface area (Å²) in [6.45, 7) is 4.63. The second kappa shape index (κ2) is 7.49. The molecule has 0 aromatic heterocycles. The molecule has 2 nitrogen and oxygen atoms in total. The lowest BCUT2D eigenvalue weighted by atomic mass is 9.86. The van der Waals surface area contributed by atoms with Crippen molar-refractivity contribution in [2.75, 3.05) is 25.6 Å². The molecule has 0 spiro atoms. The number of alkyl halides is 1. The molecule has 1 fully saturated rings. The smallest absolute Gasteiger partial charge is 0.0590 e. The van der Waals surface area contributed by atoms with E-state index in [0.717, 1.165) is 25.6 Å². The maximum Gasteiger partial charge on any atom is 0.0590 e. The first-order valence-electron chi connectivity index (χ1n) is 5.75. The van der Waals surface area contributed by atoms with E-state index in [-0.39, 0.29) is 0 Å². The Balaban J connectivity index is 2.13. The van der Waals surface area contributed by atoms with E-state index in [1.165, 1.54) is 25.7 Å². The minimum absolute atomic E-state index is 0.627. The second-order valence-electron chi connectivity index (χ2n) is 3.96. The van der Waals surface area contributed by atoms with Crippen molar-refractivity contribution in [3.63, 3.8) is 0 Å². The molecule has 0 bridgehead atoms.